The third-order valence-electron chi connectivity index (χ3n) is 5.61. The molecule has 5 nitrogen and oxygen atoms in total. The van der Waals surface area contributed by atoms with Gasteiger partial charge in [0.15, 0.2) is 0 Å². The number of rotatable bonds is 5. The van der Waals surface area contributed by atoms with E-state index in [1.807, 2.05) is 36.7 Å². The van der Waals surface area contributed by atoms with E-state index in [2.05, 4.69) is 27.3 Å². The molecule has 27 heavy (non-hydrogen) atoms. The molecular weight excluding hydrogens is 338 g/mol. The fourth-order valence-electron chi connectivity index (χ4n) is 4.01. The molecular formula is C22H27N3O2. The molecule has 0 radical (unpaired) electrons. The van der Waals surface area contributed by atoms with Gasteiger partial charge < -0.3 is 15.0 Å². The molecule has 2 fully saturated rings. The molecule has 1 aromatic carbocycles. The Morgan fingerprint density at radius 1 is 1.04 bits per heavy atom. The van der Waals surface area contributed by atoms with Crippen LogP contribution in [0.2, 0.25) is 0 Å². The second kappa shape index (κ2) is 8.53. The summed E-state index contributed by atoms with van der Waals surface area (Å²) in [5, 5.41) is 3.17. The zero-order valence-corrected chi connectivity index (χ0v) is 15.6. The van der Waals surface area contributed by atoms with Crippen LogP contribution in [0.1, 0.15) is 35.2 Å². The van der Waals surface area contributed by atoms with Crippen molar-refractivity contribution in [3.05, 3.63) is 59.9 Å². The number of nitrogens with zero attached hydrogens (tertiary/aromatic N) is 2. The van der Waals surface area contributed by atoms with E-state index in [4.69, 9.17) is 4.74 Å². The predicted molar refractivity (Wildman–Crippen MR) is 106 cm³/mol. The molecule has 2 unspecified atom stereocenters. The predicted octanol–water partition coefficient (Wildman–Crippen LogP) is 3.06. The maximum Gasteiger partial charge on any atom is 0.251 e. The molecule has 3 heterocycles. The van der Waals surface area contributed by atoms with Crippen LogP contribution in [-0.2, 0) is 11.2 Å². The molecule has 2 saturated heterocycles. The van der Waals surface area contributed by atoms with Crippen molar-refractivity contribution in [3.63, 3.8) is 0 Å². The normalized spacial score (nSPS) is 22.6. The summed E-state index contributed by atoms with van der Waals surface area (Å²) in [4.78, 5) is 19.2. The lowest BCUT2D eigenvalue weighted by molar-refractivity contribution is 0.0925. The van der Waals surface area contributed by atoms with Crippen LogP contribution in [0.25, 0.3) is 0 Å². The van der Waals surface area contributed by atoms with E-state index in [0.29, 0.717) is 24.7 Å². The number of carbonyl (C=O) groups excluding carboxylic acids is 1. The van der Waals surface area contributed by atoms with Crippen molar-refractivity contribution in [1.82, 2.24) is 10.3 Å². The van der Waals surface area contributed by atoms with Crippen molar-refractivity contribution in [2.24, 2.45) is 5.92 Å². The molecule has 0 saturated carbocycles. The number of ether oxygens (including phenoxy) is 1. The van der Waals surface area contributed by atoms with Gasteiger partial charge in [-0.15, -0.1) is 0 Å². The fraction of sp³-hybridized carbons (Fsp3) is 0.455. The van der Waals surface area contributed by atoms with E-state index in [1.165, 1.54) is 30.5 Å². The molecule has 2 aromatic rings. The monoisotopic (exact) mass is 365 g/mol. The Hall–Kier alpha value is -2.40. The number of anilines is 1. The van der Waals surface area contributed by atoms with Crippen molar-refractivity contribution in [2.75, 3.05) is 31.2 Å². The summed E-state index contributed by atoms with van der Waals surface area (Å²) in [5.41, 5.74) is 3.15. The van der Waals surface area contributed by atoms with E-state index in [-0.39, 0.29) is 11.9 Å². The van der Waals surface area contributed by atoms with E-state index in [9.17, 15) is 4.79 Å². The Balaban J connectivity index is 1.36. The van der Waals surface area contributed by atoms with Crippen LogP contribution in [0.15, 0.2) is 48.8 Å². The van der Waals surface area contributed by atoms with Gasteiger partial charge in [0.25, 0.3) is 5.91 Å². The van der Waals surface area contributed by atoms with Crippen LogP contribution in [0.5, 0.6) is 0 Å². The van der Waals surface area contributed by atoms with E-state index in [1.54, 1.807) is 0 Å². The standard InChI is InChI=1S/C22H27N3O2/c26-22(18-4-6-20(7-5-18)25-12-2-1-3-13-25)24-21-16-27-15-19(21)14-17-8-10-23-11-9-17/h4-11,19,21H,1-3,12-16H2,(H,24,26). The largest absolute Gasteiger partial charge is 0.379 e. The van der Waals surface area contributed by atoms with E-state index < -0.39 is 0 Å². The van der Waals surface area contributed by atoms with Crippen molar-refractivity contribution in [2.45, 2.75) is 31.7 Å². The van der Waals surface area contributed by atoms with Crippen LogP contribution in [-0.4, -0.2) is 43.2 Å². The zero-order chi connectivity index (χ0) is 18.5. The Morgan fingerprint density at radius 2 is 1.78 bits per heavy atom. The summed E-state index contributed by atoms with van der Waals surface area (Å²) in [6, 6.07) is 12.1. The van der Waals surface area contributed by atoms with Gasteiger partial charge in [-0.05, 0) is 67.6 Å². The van der Waals surface area contributed by atoms with Gasteiger partial charge >= 0.3 is 0 Å². The maximum absolute atomic E-state index is 12.7. The Labute approximate surface area is 160 Å². The molecule has 2 aliphatic heterocycles. The summed E-state index contributed by atoms with van der Waals surface area (Å²) in [6.07, 6.45) is 8.33. The van der Waals surface area contributed by atoms with Crippen LogP contribution < -0.4 is 10.2 Å². The molecule has 1 aromatic heterocycles. The molecule has 2 atom stereocenters. The molecule has 0 bridgehead atoms. The van der Waals surface area contributed by atoms with Gasteiger partial charge in [0.2, 0.25) is 0 Å². The van der Waals surface area contributed by atoms with Gasteiger partial charge in [0.05, 0.1) is 19.3 Å². The van der Waals surface area contributed by atoms with Gasteiger partial charge in [-0.25, -0.2) is 0 Å². The second-order valence-electron chi connectivity index (χ2n) is 7.53. The first-order chi connectivity index (χ1) is 13.3. The highest BCUT2D eigenvalue weighted by Crippen LogP contribution is 2.22. The highest BCUT2D eigenvalue weighted by molar-refractivity contribution is 5.94. The molecule has 1 amide bonds. The topological polar surface area (TPSA) is 54.5 Å². The maximum atomic E-state index is 12.7. The molecule has 0 spiro atoms. The number of carbonyl (C=O) groups is 1. The number of nitrogens with one attached hydrogen (secondary N) is 1. The average molecular weight is 365 g/mol. The highest BCUT2D eigenvalue weighted by atomic mass is 16.5. The minimum absolute atomic E-state index is 0.0181. The molecule has 4 rings (SSSR count). The Bertz CT molecular complexity index is 742. The van der Waals surface area contributed by atoms with Crippen molar-refractivity contribution in [1.29, 1.82) is 0 Å². The van der Waals surface area contributed by atoms with E-state index in [0.717, 1.165) is 19.5 Å². The van der Waals surface area contributed by atoms with Crippen molar-refractivity contribution in [3.8, 4) is 0 Å². The van der Waals surface area contributed by atoms with Gasteiger partial charge in [0.1, 0.15) is 0 Å². The number of piperidine rings is 1. The smallest absolute Gasteiger partial charge is 0.251 e. The van der Waals surface area contributed by atoms with Gasteiger partial charge in [0, 0.05) is 42.7 Å². The number of benzene rings is 1. The van der Waals surface area contributed by atoms with Crippen LogP contribution >= 0.6 is 0 Å². The first-order valence-corrected chi connectivity index (χ1v) is 9.92. The van der Waals surface area contributed by atoms with Gasteiger partial charge in [-0.2, -0.15) is 0 Å². The first kappa shape index (κ1) is 18.0. The lowest BCUT2D eigenvalue weighted by Crippen LogP contribution is -2.40. The molecule has 5 heteroatoms. The first-order valence-electron chi connectivity index (χ1n) is 9.92. The second-order valence-corrected chi connectivity index (χ2v) is 7.53. The van der Waals surface area contributed by atoms with E-state index >= 15 is 0 Å². The third-order valence-corrected chi connectivity index (χ3v) is 5.61. The van der Waals surface area contributed by atoms with Crippen molar-refractivity contribution < 1.29 is 9.53 Å². The molecule has 2 aliphatic rings. The minimum atomic E-state index is -0.0181. The zero-order valence-electron chi connectivity index (χ0n) is 15.6. The lowest BCUT2D eigenvalue weighted by atomic mass is 9.95. The highest BCUT2D eigenvalue weighted by Gasteiger charge is 2.30. The Kier molecular flexibility index (Phi) is 5.68. The summed E-state index contributed by atoms with van der Waals surface area (Å²) in [6.45, 7) is 3.48. The van der Waals surface area contributed by atoms with Crippen LogP contribution in [0, 0.1) is 5.92 Å². The molecule has 142 valence electrons. The SMILES string of the molecule is O=C(NC1COCC1Cc1ccncc1)c1ccc(N2CCCCC2)cc1. The summed E-state index contributed by atoms with van der Waals surface area (Å²) < 4.78 is 5.64. The number of aromatic nitrogens is 1. The number of pyridine rings is 1. The third kappa shape index (κ3) is 4.48. The minimum Gasteiger partial charge on any atom is -0.379 e. The quantitative estimate of drug-likeness (QED) is 0.885. The molecule has 0 aliphatic carbocycles. The molecule has 1 N–H and O–H groups in total. The summed E-state index contributed by atoms with van der Waals surface area (Å²) in [5.74, 6) is 0.277. The Morgan fingerprint density at radius 3 is 2.52 bits per heavy atom. The van der Waals surface area contributed by atoms with Gasteiger partial charge in [-0.1, -0.05) is 0 Å². The van der Waals surface area contributed by atoms with Crippen LogP contribution in [0.4, 0.5) is 5.69 Å². The lowest BCUT2D eigenvalue weighted by Gasteiger charge is -2.28. The average Bonchev–Trinajstić information content (AvgIpc) is 3.16. The number of hydrogen-bond acceptors (Lipinski definition) is 4. The summed E-state index contributed by atoms with van der Waals surface area (Å²) in [7, 11) is 0. The number of amides is 1. The fourth-order valence-corrected chi connectivity index (χ4v) is 4.01. The van der Waals surface area contributed by atoms with Crippen molar-refractivity contribution >= 4 is 11.6 Å². The van der Waals surface area contributed by atoms with Crippen LogP contribution in [0.3, 0.4) is 0 Å². The summed E-state index contributed by atoms with van der Waals surface area (Å²) >= 11 is 0. The van der Waals surface area contributed by atoms with Gasteiger partial charge in [-0.3, -0.25) is 9.78 Å². The number of hydrogen-bond donors (Lipinski definition) is 1.